The van der Waals surface area contributed by atoms with E-state index in [1.165, 1.54) is 17.7 Å². The van der Waals surface area contributed by atoms with Crippen molar-refractivity contribution in [1.82, 2.24) is 10.2 Å². The third kappa shape index (κ3) is 3.84. The summed E-state index contributed by atoms with van der Waals surface area (Å²) >= 11 is 0. The number of carbonyl (C=O) groups is 1. The van der Waals surface area contributed by atoms with Crippen LogP contribution in [0.2, 0.25) is 0 Å². The molecule has 2 fully saturated rings. The van der Waals surface area contributed by atoms with Crippen LogP contribution in [-0.2, 0) is 22.8 Å². The summed E-state index contributed by atoms with van der Waals surface area (Å²) in [4.78, 5) is 14.6. The van der Waals surface area contributed by atoms with Crippen molar-refractivity contribution in [3.63, 3.8) is 0 Å². The number of phenolic OH excluding ortho intramolecular Hbond substituents is 1. The van der Waals surface area contributed by atoms with E-state index in [-0.39, 0.29) is 17.4 Å². The van der Waals surface area contributed by atoms with Crippen molar-refractivity contribution in [1.29, 1.82) is 0 Å². The first kappa shape index (κ1) is 22.8. The largest absolute Gasteiger partial charge is 0.508 e. The molecule has 7 heteroatoms. The average Bonchev–Trinajstić information content (AvgIpc) is 2.82. The molecule has 0 aromatic heterocycles. The van der Waals surface area contributed by atoms with Crippen molar-refractivity contribution in [2.75, 3.05) is 13.6 Å². The summed E-state index contributed by atoms with van der Waals surface area (Å²) in [6.45, 7) is 0.911. The molecular weight excluding hydrogens is 441 g/mol. The number of nitrogens with zero attached hydrogens (tertiary/aromatic N) is 1. The lowest BCUT2D eigenvalue weighted by Gasteiger charge is -2.58. The van der Waals surface area contributed by atoms with E-state index in [2.05, 4.69) is 23.2 Å². The zero-order valence-electron chi connectivity index (χ0n) is 19.0. The molecule has 2 N–H and O–H groups in total. The van der Waals surface area contributed by atoms with Gasteiger partial charge in [-0.1, -0.05) is 18.1 Å². The summed E-state index contributed by atoms with van der Waals surface area (Å²) in [7, 11) is 1.76. The molecule has 2 aromatic carbocycles. The summed E-state index contributed by atoms with van der Waals surface area (Å²) in [6.07, 6.45) is 0.0656. The average molecular weight is 469 g/mol. The van der Waals surface area contributed by atoms with E-state index in [1.54, 1.807) is 18.0 Å². The smallest absolute Gasteiger partial charge is 0.416 e. The number of fused-ring (bicyclic) bond motifs is 1. The topological polar surface area (TPSA) is 52.6 Å². The molecule has 2 aliphatic carbocycles. The van der Waals surface area contributed by atoms with Crippen LogP contribution in [0.3, 0.4) is 0 Å². The third-order valence-electron chi connectivity index (χ3n) is 8.09. The number of carbonyl (C=O) groups excluding carboxylic acids is 1. The maximum Gasteiger partial charge on any atom is 0.416 e. The summed E-state index contributed by atoms with van der Waals surface area (Å²) in [5.74, 6) is 5.80. The van der Waals surface area contributed by atoms with Crippen molar-refractivity contribution in [3.05, 3.63) is 64.7 Å². The number of amides is 1. The molecule has 3 aliphatic rings. The monoisotopic (exact) mass is 468 g/mol. The van der Waals surface area contributed by atoms with Gasteiger partial charge in [0.1, 0.15) is 5.75 Å². The van der Waals surface area contributed by atoms with Gasteiger partial charge < -0.3 is 15.3 Å². The summed E-state index contributed by atoms with van der Waals surface area (Å²) in [5, 5.41) is 14.2. The first-order chi connectivity index (χ1) is 16.2. The van der Waals surface area contributed by atoms with E-state index in [9.17, 15) is 23.1 Å². The fourth-order valence-corrected chi connectivity index (χ4v) is 6.41. The molecule has 1 saturated heterocycles. The highest BCUT2D eigenvalue weighted by Crippen LogP contribution is 2.55. The van der Waals surface area contributed by atoms with E-state index in [4.69, 9.17) is 0 Å². The molecule has 0 spiro atoms. The minimum atomic E-state index is -4.40. The molecule has 1 amide bonds. The quantitative estimate of drug-likeness (QED) is 0.616. The van der Waals surface area contributed by atoms with Gasteiger partial charge in [-0.15, -0.1) is 0 Å². The number of alkyl halides is 3. The summed E-state index contributed by atoms with van der Waals surface area (Å²) in [6, 6.07) is 10.7. The van der Waals surface area contributed by atoms with E-state index in [0.29, 0.717) is 23.3 Å². The second-order valence-corrected chi connectivity index (χ2v) is 9.76. The minimum Gasteiger partial charge on any atom is -0.508 e. The number of rotatable bonds is 1. The third-order valence-corrected chi connectivity index (χ3v) is 8.09. The standard InChI is InChI=1S/C27H27F3N2O2/c1-32(25(34)12-7-17-5-8-18(9-6-17)27(28,29)30)19-10-11-22-23-15-20-21(3-2-4-24(20)33)26(22,16-19)13-14-31-23/h2-6,8-9,19,22-23,31,33H,10-11,13-16H2,1H3/t19-,22-,23+,26+/m0/s1. The normalized spacial score (nSPS) is 27.6. The highest BCUT2D eigenvalue weighted by Gasteiger charge is 2.54. The van der Waals surface area contributed by atoms with Gasteiger partial charge in [-0.25, -0.2) is 0 Å². The zero-order chi connectivity index (χ0) is 24.1. The van der Waals surface area contributed by atoms with Gasteiger partial charge in [0.2, 0.25) is 0 Å². The zero-order valence-corrected chi connectivity index (χ0v) is 19.0. The Kier molecular flexibility index (Phi) is 5.60. The van der Waals surface area contributed by atoms with Crippen LogP contribution >= 0.6 is 0 Å². The Labute approximate surface area is 197 Å². The van der Waals surface area contributed by atoms with Gasteiger partial charge in [-0.3, -0.25) is 4.79 Å². The molecule has 4 nitrogen and oxygen atoms in total. The van der Waals surface area contributed by atoms with Gasteiger partial charge in [0.25, 0.3) is 5.91 Å². The lowest BCUT2D eigenvalue weighted by atomic mass is 9.52. The number of phenols is 1. The molecule has 4 atom stereocenters. The molecule has 5 rings (SSSR count). The van der Waals surface area contributed by atoms with E-state index >= 15 is 0 Å². The number of benzene rings is 2. The van der Waals surface area contributed by atoms with Crippen LogP contribution in [0.25, 0.3) is 0 Å². The predicted octanol–water partition coefficient (Wildman–Crippen LogP) is 4.25. The molecule has 2 aromatic rings. The Hall–Kier alpha value is -2.98. The second kappa shape index (κ2) is 8.35. The molecular formula is C27H27F3N2O2. The Morgan fingerprint density at radius 3 is 2.68 bits per heavy atom. The molecule has 1 heterocycles. The lowest BCUT2D eigenvalue weighted by molar-refractivity contribution is -0.137. The number of halogens is 3. The maximum absolute atomic E-state index is 12.9. The van der Waals surface area contributed by atoms with E-state index in [1.807, 2.05) is 6.07 Å². The van der Waals surface area contributed by atoms with Crippen molar-refractivity contribution >= 4 is 5.91 Å². The first-order valence-electron chi connectivity index (χ1n) is 11.7. The number of aromatic hydroxyl groups is 1. The maximum atomic E-state index is 12.9. The first-order valence-corrected chi connectivity index (χ1v) is 11.7. The summed E-state index contributed by atoms with van der Waals surface area (Å²) in [5.41, 5.74) is 1.79. The molecule has 1 saturated carbocycles. The second-order valence-electron chi connectivity index (χ2n) is 9.76. The lowest BCUT2D eigenvalue weighted by Crippen LogP contribution is -2.62. The Bertz CT molecular complexity index is 1170. The van der Waals surface area contributed by atoms with Crippen LogP contribution in [0, 0.1) is 17.8 Å². The van der Waals surface area contributed by atoms with Crippen LogP contribution in [0.15, 0.2) is 42.5 Å². The summed E-state index contributed by atoms with van der Waals surface area (Å²) < 4.78 is 38.3. The molecule has 1 aliphatic heterocycles. The Balaban J connectivity index is 1.36. The van der Waals surface area contributed by atoms with Gasteiger partial charge in [-0.05, 0) is 86.0 Å². The van der Waals surface area contributed by atoms with Crippen molar-refractivity contribution in [3.8, 4) is 17.6 Å². The molecule has 0 unspecified atom stereocenters. The molecule has 2 bridgehead atoms. The number of piperidine rings is 1. The number of nitrogens with one attached hydrogen (secondary N) is 1. The Morgan fingerprint density at radius 2 is 1.94 bits per heavy atom. The van der Waals surface area contributed by atoms with Crippen LogP contribution in [-0.4, -0.2) is 41.6 Å². The SMILES string of the molecule is CN(C(=O)C#Cc1ccc(C(F)(F)F)cc1)[C@H]1CC[C@H]2[C@H]3Cc4c(O)cccc4[C@@]2(CCN3)C1. The molecule has 34 heavy (non-hydrogen) atoms. The highest BCUT2D eigenvalue weighted by atomic mass is 19.4. The van der Waals surface area contributed by atoms with Crippen LogP contribution < -0.4 is 5.32 Å². The minimum absolute atomic E-state index is 0.0118. The van der Waals surface area contributed by atoms with Gasteiger partial charge in [0.05, 0.1) is 5.56 Å². The van der Waals surface area contributed by atoms with Crippen molar-refractivity contribution in [2.45, 2.75) is 55.8 Å². The predicted molar refractivity (Wildman–Crippen MR) is 122 cm³/mol. The molecule has 0 radical (unpaired) electrons. The number of hydrogen-bond donors (Lipinski definition) is 2. The van der Waals surface area contributed by atoms with E-state index < -0.39 is 11.7 Å². The van der Waals surface area contributed by atoms with Crippen molar-refractivity contribution in [2.24, 2.45) is 5.92 Å². The van der Waals surface area contributed by atoms with Crippen molar-refractivity contribution < 1.29 is 23.1 Å². The van der Waals surface area contributed by atoms with Crippen LogP contribution in [0.4, 0.5) is 13.2 Å². The van der Waals surface area contributed by atoms with Gasteiger partial charge in [0.15, 0.2) is 0 Å². The highest BCUT2D eigenvalue weighted by molar-refractivity contribution is 5.94. The molecule has 178 valence electrons. The fourth-order valence-electron chi connectivity index (χ4n) is 6.41. The van der Waals surface area contributed by atoms with Gasteiger partial charge >= 0.3 is 6.18 Å². The van der Waals surface area contributed by atoms with Crippen LogP contribution in [0.5, 0.6) is 5.75 Å². The van der Waals surface area contributed by atoms with Gasteiger partial charge in [-0.2, -0.15) is 13.2 Å². The number of hydrogen-bond acceptors (Lipinski definition) is 3. The fraction of sp³-hybridized carbons (Fsp3) is 0.444. The van der Waals surface area contributed by atoms with Gasteiger partial charge in [0, 0.05) is 36.0 Å². The van der Waals surface area contributed by atoms with Crippen LogP contribution in [0.1, 0.15) is 47.9 Å². The van der Waals surface area contributed by atoms with E-state index in [0.717, 1.165) is 56.3 Å². The Morgan fingerprint density at radius 1 is 1.18 bits per heavy atom.